The Balaban J connectivity index is 1.07. The maximum Gasteiger partial charge on any atom is 0.236 e. The second-order valence-corrected chi connectivity index (χ2v) is 8.92. The van der Waals surface area contributed by atoms with Gasteiger partial charge in [-0.25, -0.2) is 9.97 Å². The van der Waals surface area contributed by atoms with E-state index in [1.54, 1.807) is 12.4 Å². The summed E-state index contributed by atoms with van der Waals surface area (Å²) in [5, 5.41) is 0. The van der Waals surface area contributed by atoms with Crippen LogP contribution in [-0.4, -0.2) is 82.6 Å². The van der Waals surface area contributed by atoms with Gasteiger partial charge in [-0.15, -0.1) is 0 Å². The Morgan fingerprint density at radius 3 is 2.52 bits per heavy atom. The molecule has 0 radical (unpaired) electrons. The molecule has 0 aliphatic carbocycles. The van der Waals surface area contributed by atoms with E-state index in [2.05, 4.69) is 19.8 Å². The summed E-state index contributed by atoms with van der Waals surface area (Å²) in [5.41, 5.74) is -0.418. The van der Waals surface area contributed by atoms with Crippen LogP contribution in [0.5, 0.6) is 0 Å². The Morgan fingerprint density at radius 2 is 1.79 bits per heavy atom. The lowest BCUT2D eigenvalue weighted by Crippen LogP contribution is -2.47. The van der Waals surface area contributed by atoms with Crippen molar-refractivity contribution >= 4 is 17.8 Å². The summed E-state index contributed by atoms with van der Waals surface area (Å²) in [5.74, 6) is 0.332. The third-order valence-electron chi connectivity index (χ3n) is 7.16. The van der Waals surface area contributed by atoms with Crippen LogP contribution in [-0.2, 0) is 14.3 Å². The lowest BCUT2D eigenvalue weighted by atomic mass is 9.74. The van der Waals surface area contributed by atoms with Crippen LogP contribution in [0.15, 0.2) is 18.5 Å². The maximum absolute atomic E-state index is 12.9. The van der Waals surface area contributed by atoms with E-state index in [1.165, 1.54) is 4.90 Å². The van der Waals surface area contributed by atoms with E-state index in [0.29, 0.717) is 6.54 Å². The molecule has 29 heavy (non-hydrogen) atoms. The number of unbranched alkanes of at least 4 members (excludes halogenated alkanes) is 1. The molecule has 2 bridgehead atoms. The van der Waals surface area contributed by atoms with Crippen LogP contribution in [0.25, 0.3) is 0 Å². The van der Waals surface area contributed by atoms with Gasteiger partial charge < -0.3 is 9.64 Å². The van der Waals surface area contributed by atoms with Crippen LogP contribution >= 0.6 is 0 Å². The number of anilines is 1. The number of hydrogen-bond acceptors (Lipinski definition) is 7. The molecule has 5 heterocycles. The van der Waals surface area contributed by atoms with Crippen molar-refractivity contribution < 1.29 is 14.3 Å². The number of nitrogens with zero attached hydrogens (tertiary/aromatic N) is 5. The molecule has 8 nitrogen and oxygen atoms in total. The van der Waals surface area contributed by atoms with Gasteiger partial charge in [-0.1, -0.05) is 0 Å². The first-order chi connectivity index (χ1) is 14.1. The molecule has 0 spiro atoms. The maximum atomic E-state index is 12.9. The zero-order valence-corrected chi connectivity index (χ0v) is 17.0. The Labute approximate surface area is 171 Å². The van der Waals surface area contributed by atoms with E-state index in [4.69, 9.17) is 4.74 Å². The van der Waals surface area contributed by atoms with Crippen molar-refractivity contribution in [2.24, 2.45) is 11.8 Å². The van der Waals surface area contributed by atoms with Gasteiger partial charge in [0, 0.05) is 45.1 Å². The minimum atomic E-state index is -0.418. The minimum Gasteiger partial charge on any atom is -0.370 e. The van der Waals surface area contributed by atoms with Gasteiger partial charge in [0.25, 0.3) is 0 Å². The van der Waals surface area contributed by atoms with Crippen LogP contribution < -0.4 is 4.90 Å². The Bertz CT molecular complexity index is 782. The van der Waals surface area contributed by atoms with E-state index >= 15 is 0 Å². The van der Waals surface area contributed by atoms with Gasteiger partial charge in [0.15, 0.2) is 0 Å². The van der Waals surface area contributed by atoms with Crippen LogP contribution in [0.4, 0.5) is 5.95 Å². The molecule has 0 N–H and O–H groups in total. The molecule has 4 aliphatic rings. The molecule has 8 heteroatoms. The molecule has 4 fully saturated rings. The van der Waals surface area contributed by atoms with Gasteiger partial charge in [-0.2, -0.15) is 0 Å². The molecule has 1 aromatic heterocycles. The van der Waals surface area contributed by atoms with E-state index in [1.807, 2.05) is 13.0 Å². The monoisotopic (exact) mass is 399 g/mol. The topological polar surface area (TPSA) is 78.9 Å². The number of ether oxygens (including phenoxy) is 1. The van der Waals surface area contributed by atoms with E-state index in [9.17, 15) is 9.59 Å². The summed E-state index contributed by atoms with van der Waals surface area (Å²) in [6.45, 7) is 7.38. The highest BCUT2D eigenvalue weighted by Gasteiger charge is 2.67. The summed E-state index contributed by atoms with van der Waals surface area (Å²) >= 11 is 0. The molecule has 0 saturated carbocycles. The molecule has 4 aliphatic heterocycles. The second kappa shape index (κ2) is 7.32. The lowest BCUT2D eigenvalue weighted by Gasteiger charge is -2.34. The fourth-order valence-corrected chi connectivity index (χ4v) is 5.59. The summed E-state index contributed by atoms with van der Waals surface area (Å²) in [6.07, 6.45) is 7.17. The van der Waals surface area contributed by atoms with E-state index in [-0.39, 0.29) is 29.8 Å². The first-order valence-corrected chi connectivity index (χ1v) is 10.8. The zero-order chi connectivity index (χ0) is 20.0. The predicted octanol–water partition coefficient (Wildman–Crippen LogP) is 0.931. The average molecular weight is 399 g/mol. The summed E-state index contributed by atoms with van der Waals surface area (Å²) in [6, 6.07) is 1.83. The Kier molecular flexibility index (Phi) is 4.78. The van der Waals surface area contributed by atoms with Crippen molar-refractivity contribution in [2.45, 2.75) is 44.3 Å². The van der Waals surface area contributed by atoms with Crippen molar-refractivity contribution in [2.75, 3.05) is 44.2 Å². The van der Waals surface area contributed by atoms with Gasteiger partial charge in [0.2, 0.25) is 17.8 Å². The summed E-state index contributed by atoms with van der Waals surface area (Å²) in [7, 11) is 0. The molecule has 2 amide bonds. The van der Waals surface area contributed by atoms with Gasteiger partial charge in [0.05, 0.1) is 23.5 Å². The number of aromatic nitrogens is 2. The molecule has 156 valence electrons. The number of imide groups is 1. The molecule has 4 atom stereocenters. The normalized spacial score (nSPS) is 34.3. The van der Waals surface area contributed by atoms with Crippen LogP contribution in [0, 0.1) is 11.8 Å². The average Bonchev–Trinajstić information content (AvgIpc) is 3.36. The molecule has 4 unspecified atom stereocenters. The summed E-state index contributed by atoms with van der Waals surface area (Å²) < 4.78 is 5.97. The predicted molar refractivity (Wildman–Crippen MR) is 106 cm³/mol. The molecule has 0 aromatic carbocycles. The molecular formula is C21H29N5O3. The molecule has 4 saturated heterocycles. The first kappa shape index (κ1) is 18.9. The number of amides is 2. The number of hydrogen-bond donors (Lipinski definition) is 0. The lowest BCUT2D eigenvalue weighted by molar-refractivity contribution is -0.144. The number of likely N-dealkylation sites (tertiary alicyclic amines) is 1. The van der Waals surface area contributed by atoms with Crippen molar-refractivity contribution in [3.8, 4) is 0 Å². The molecule has 5 rings (SSSR count). The largest absolute Gasteiger partial charge is 0.370 e. The van der Waals surface area contributed by atoms with Crippen molar-refractivity contribution in [1.82, 2.24) is 19.8 Å². The van der Waals surface area contributed by atoms with E-state index < -0.39 is 5.60 Å². The molecule has 1 aromatic rings. The standard InChI is InChI=1S/C21H29N5O3/c1-21-6-5-15(29-21)16-17(21)19(28)26(18(16)27)10-3-2-9-24-11-13-25(14-12-24)20-22-7-4-8-23-20/h4,7-8,15-17H,2-3,5-6,9-14H2,1H3. The van der Waals surface area contributed by atoms with Gasteiger partial charge in [0.1, 0.15) is 0 Å². The Morgan fingerprint density at radius 1 is 1.07 bits per heavy atom. The van der Waals surface area contributed by atoms with Gasteiger partial charge in [-0.3, -0.25) is 19.4 Å². The number of rotatable bonds is 6. The number of fused-ring (bicyclic) bond motifs is 5. The van der Waals surface area contributed by atoms with Crippen LogP contribution in [0.1, 0.15) is 32.6 Å². The van der Waals surface area contributed by atoms with Crippen molar-refractivity contribution in [1.29, 1.82) is 0 Å². The SMILES string of the molecule is CC12CCC(O1)C1C(=O)N(CCCCN3CCN(c4ncccn4)CC3)C(=O)C12. The van der Waals surface area contributed by atoms with Crippen LogP contribution in [0.2, 0.25) is 0 Å². The minimum absolute atomic E-state index is 0.00109. The van der Waals surface area contributed by atoms with Gasteiger partial charge in [-0.05, 0) is 45.2 Å². The number of carbonyl (C=O) groups excluding carboxylic acids is 2. The molecular weight excluding hydrogens is 370 g/mol. The van der Waals surface area contributed by atoms with Crippen molar-refractivity contribution in [3.63, 3.8) is 0 Å². The van der Waals surface area contributed by atoms with Gasteiger partial charge >= 0.3 is 0 Å². The third kappa shape index (κ3) is 3.22. The quantitative estimate of drug-likeness (QED) is 0.520. The fourth-order valence-electron chi connectivity index (χ4n) is 5.59. The smallest absolute Gasteiger partial charge is 0.236 e. The third-order valence-corrected chi connectivity index (χ3v) is 7.16. The first-order valence-electron chi connectivity index (χ1n) is 10.8. The number of piperazine rings is 1. The van der Waals surface area contributed by atoms with E-state index in [0.717, 1.165) is 64.4 Å². The number of carbonyl (C=O) groups is 2. The zero-order valence-electron chi connectivity index (χ0n) is 17.0. The highest BCUT2D eigenvalue weighted by molar-refractivity contribution is 6.06. The highest BCUT2D eigenvalue weighted by Crippen LogP contribution is 2.54. The second-order valence-electron chi connectivity index (χ2n) is 8.92. The van der Waals surface area contributed by atoms with Crippen molar-refractivity contribution in [3.05, 3.63) is 18.5 Å². The summed E-state index contributed by atoms with van der Waals surface area (Å²) in [4.78, 5) is 40.5. The fraction of sp³-hybridized carbons (Fsp3) is 0.714. The Hall–Kier alpha value is -2.06. The van der Waals surface area contributed by atoms with Crippen LogP contribution in [0.3, 0.4) is 0 Å². The highest BCUT2D eigenvalue weighted by atomic mass is 16.5.